The van der Waals surface area contributed by atoms with Crippen molar-refractivity contribution in [3.8, 4) is 0 Å². The van der Waals surface area contributed by atoms with Crippen molar-refractivity contribution < 1.29 is 4.79 Å². The minimum absolute atomic E-state index is 0.0869. The Morgan fingerprint density at radius 1 is 1.30 bits per heavy atom. The van der Waals surface area contributed by atoms with Crippen LogP contribution in [0.4, 0.5) is 0 Å². The first-order valence-corrected chi connectivity index (χ1v) is 8.65. The lowest BCUT2D eigenvalue weighted by molar-refractivity contribution is 0.0945. The van der Waals surface area contributed by atoms with Crippen LogP contribution in [0.2, 0.25) is 5.02 Å². The molecule has 23 heavy (non-hydrogen) atoms. The summed E-state index contributed by atoms with van der Waals surface area (Å²) in [6, 6.07) is 3.62. The summed E-state index contributed by atoms with van der Waals surface area (Å²) in [5.41, 5.74) is 2.14. The zero-order valence-corrected chi connectivity index (χ0v) is 14.9. The van der Waals surface area contributed by atoms with Crippen LogP contribution in [0.1, 0.15) is 43.4 Å². The molecule has 0 aliphatic rings. The maximum absolute atomic E-state index is 12.6. The van der Waals surface area contributed by atoms with Crippen LogP contribution >= 0.6 is 11.6 Å². The minimum atomic E-state index is -0.0869. The fourth-order valence-corrected chi connectivity index (χ4v) is 2.84. The van der Waals surface area contributed by atoms with Gasteiger partial charge in [-0.05, 0) is 44.6 Å². The molecule has 126 valence electrons. The molecule has 1 amide bonds. The molecule has 0 fully saturated rings. The van der Waals surface area contributed by atoms with E-state index in [1.165, 1.54) is 0 Å². The van der Waals surface area contributed by atoms with E-state index < -0.39 is 0 Å². The molecule has 1 N–H and O–H groups in total. The first kappa shape index (κ1) is 17.8. The number of hydrogen-bond donors (Lipinski definition) is 1. The van der Waals surface area contributed by atoms with Gasteiger partial charge in [0.2, 0.25) is 0 Å². The van der Waals surface area contributed by atoms with E-state index >= 15 is 0 Å². The largest absolute Gasteiger partial charge is 0.351 e. The summed E-state index contributed by atoms with van der Waals surface area (Å²) in [6.45, 7) is 10.0. The fourth-order valence-electron chi connectivity index (χ4n) is 2.68. The van der Waals surface area contributed by atoms with Gasteiger partial charge >= 0.3 is 0 Å². The summed E-state index contributed by atoms with van der Waals surface area (Å²) in [4.78, 5) is 19.4. The van der Waals surface area contributed by atoms with Gasteiger partial charge in [-0.25, -0.2) is 4.98 Å². The molecular formula is C17H25ClN4O. The molecule has 0 atom stereocenters. The number of fused-ring (bicyclic) bond motifs is 1. The van der Waals surface area contributed by atoms with Crippen LogP contribution in [0, 0.1) is 0 Å². The second kappa shape index (κ2) is 8.31. The van der Waals surface area contributed by atoms with Gasteiger partial charge in [-0.2, -0.15) is 0 Å². The Bertz CT molecular complexity index is 664. The highest BCUT2D eigenvalue weighted by atomic mass is 35.5. The van der Waals surface area contributed by atoms with E-state index in [-0.39, 0.29) is 5.91 Å². The number of halogens is 1. The number of hydrogen-bond acceptors (Lipinski definition) is 3. The van der Waals surface area contributed by atoms with Crippen LogP contribution < -0.4 is 5.32 Å². The lowest BCUT2D eigenvalue weighted by Gasteiger charge is -2.17. The summed E-state index contributed by atoms with van der Waals surface area (Å²) >= 11 is 6.06. The molecule has 0 radical (unpaired) electrons. The number of nitrogens with zero attached hydrogens (tertiary/aromatic N) is 3. The highest BCUT2D eigenvalue weighted by Crippen LogP contribution is 2.17. The quantitative estimate of drug-likeness (QED) is 0.754. The molecule has 2 aromatic heterocycles. The maximum Gasteiger partial charge on any atom is 0.270 e. The zero-order chi connectivity index (χ0) is 16.8. The van der Waals surface area contributed by atoms with E-state index in [4.69, 9.17) is 11.6 Å². The molecule has 0 aliphatic heterocycles. The molecule has 0 aromatic carbocycles. The van der Waals surface area contributed by atoms with Crippen molar-refractivity contribution in [1.82, 2.24) is 19.6 Å². The highest BCUT2D eigenvalue weighted by molar-refractivity contribution is 6.30. The number of carbonyl (C=O) groups is 1. The van der Waals surface area contributed by atoms with Gasteiger partial charge in [0.05, 0.1) is 10.7 Å². The van der Waals surface area contributed by atoms with Gasteiger partial charge in [-0.3, -0.25) is 9.20 Å². The SMILES string of the molecule is CCc1nc2ccc(Cl)cn2c1C(=O)NCCCN(CC)CC. The molecule has 5 nitrogen and oxygen atoms in total. The molecule has 0 bridgehead atoms. The summed E-state index contributed by atoms with van der Waals surface area (Å²) in [6.07, 6.45) is 3.39. The molecular weight excluding hydrogens is 312 g/mol. The zero-order valence-electron chi connectivity index (χ0n) is 14.1. The molecule has 2 rings (SSSR count). The van der Waals surface area contributed by atoms with Crippen LogP contribution in [0.3, 0.4) is 0 Å². The van der Waals surface area contributed by atoms with Gasteiger partial charge in [0.25, 0.3) is 5.91 Å². The lowest BCUT2D eigenvalue weighted by Crippen LogP contribution is -2.30. The summed E-state index contributed by atoms with van der Waals surface area (Å²) < 4.78 is 1.78. The Hall–Kier alpha value is -1.59. The Balaban J connectivity index is 2.07. The van der Waals surface area contributed by atoms with E-state index in [2.05, 4.69) is 29.0 Å². The summed E-state index contributed by atoms with van der Waals surface area (Å²) in [5.74, 6) is -0.0869. The standard InChI is InChI=1S/C17H25ClN4O/c1-4-14-16(22-12-13(18)8-9-15(22)20-14)17(23)19-10-7-11-21(5-2)6-3/h8-9,12H,4-7,10-11H2,1-3H3,(H,19,23). The summed E-state index contributed by atoms with van der Waals surface area (Å²) in [5, 5.41) is 3.60. The fraction of sp³-hybridized carbons (Fsp3) is 0.529. The average molecular weight is 337 g/mol. The van der Waals surface area contributed by atoms with Crippen molar-refractivity contribution in [2.75, 3.05) is 26.2 Å². The van der Waals surface area contributed by atoms with Crippen LogP contribution in [0.5, 0.6) is 0 Å². The highest BCUT2D eigenvalue weighted by Gasteiger charge is 2.18. The number of aromatic nitrogens is 2. The number of nitrogens with one attached hydrogen (secondary N) is 1. The van der Waals surface area contributed by atoms with Gasteiger partial charge in [-0.1, -0.05) is 32.4 Å². The van der Waals surface area contributed by atoms with Crippen molar-refractivity contribution in [1.29, 1.82) is 0 Å². The first-order chi connectivity index (χ1) is 11.1. The molecule has 0 spiro atoms. The van der Waals surface area contributed by atoms with E-state index in [1.807, 2.05) is 13.0 Å². The van der Waals surface area contributed by atoms with Crippen molar-refractivity contribution >= 4 is 23.2 Å². The van der Waals surface area contributed by atoms with E-state index in [9.17, 15) is 4.79 Å². The third-order valence-electron chi connectivity index (χ3n) is 4.04. The second-order valence-corrected chi connectivity index (χ2v) is 5.91. The number of aryl methyl sites for hydroxylation is 1. The number of amides is 1. The van der Waals surface area contributed by atoms with Crippen molar-refractivity contribution in [3.05, 3.63) is 34.7 Å². The first-order valence-electron chi connectivity index (χ1n) is 8.27. The predicted octanol–water partition coefficient (Wildman–Crippen LogP) is 3.01. The number of rotatable bonds is 8. The van der Waals surface area contributed by atoms with Gasteiger partial charge < -0.3 is 10.2 Å². The van der Waals surface area contributed by atoms with Crippen molar-refractivity contribution in [2.45, 2.75) is 33.6 Å². The van der Waals surface area contributed by atoms with Gasteiger partial charge in [-0.15, -0.1) is 0 Å². The average Bonchev–Trinajstić information content (AvgIpc) is 2.92. The van der Waals surface area contributed by atoms with Gasteiger partial charge in [0.1, 0.15) is 11.3 Å². The predicted molar refractivity (Wildman–Crippen MR) is 94.3 cm³/mol. The number of imidazole rings is 1. The Kier molecular flexibility index (Phi) is 6.42. The molecule has 0 aliphatic carbocycles. The maximum atomic E-state index is 12.6. The van der Waals surface area contributed by atoms with E-state index in [0.717, 1.165) is 37.4 Å². The molecule has 6 heteroatoms. The number of carbonyl (C=O) groups excluding carboxylic acids is 1. The smallest absolute Gasteiger partial charge is 0.270 e. The van der Waals surface area contributed by atoms with E-state index in [1.54, 1.807) is 16.7 Å². The Labute approximate surface area is 142 Å². The van der Waals surface area contributed by atoms with Crippen molar-refractivity contribution in [2.24, 2.45) is 0 Å². The topological polar surface area (TPSA) is 49.6 Å². The lowest BCUT2D eigenvalue weighted by atomic mass is 10.2. The van der Waals surface area contributed by atoms with Crippen LogP contribution in [0.25, 0.3) is 5.65 Å². The number of pyridine rings is 1. The molecule has 2 heterocycles. The second-order valence-electron chi connectivity index (χ2n) is 5.47. The van der Waals surface area contributed by atoms with Gasteiger partial charge in [0, 0.05) is 12.7 Å². The van der Waals surface area contributed by atoms with Crippen LogP contribution in [0.15, 0.2) is 18.3 Å². The molecule has 2 aromatic rings. The molecule has 0 saturated heterocycles. The van der Waals surface area contributed by atoms with Crippen molar-refractivity contribution in [3.63, 3.8) is 0 Å². The van der Waals surface area contributed by atoms with E-state index in [0.29, 0.717) is 23.7 Å². The summed E-state index contributed by atoms with van der Waals surface area (Å²) in [7, 11) is 0. The Morgan fingerprint density at radius 3 is 2.70 bits per heavy atom. The molecule has 0 saturated carbocycles. The van der Waals surface area contributed by atoms with Crippen LogP contribution in [-0.2, 0) is 6.42 Å². The Morgan fingerprint density at radius 2 is 2.04 bits per heavy atom. The third kappa shape index (κ3) is 4.24. The van der Waals surface area contributed by atoms with Gasteiger partial charge in [0.15, 0.2) is 0 Å². The third-order valence-corrected chi connectivity index (χ3v) is 4.26. The minimum Gasteiger partial charge on any atom is -0.351 e. The normalized spacial score (nSPS) is 11.3. The monoisotopic (exact) mass is 336 g/mol. The molecule has 0 unspecified atom stereocenters. The van der Waals surface area contributed by atoms with Crippen LogP contribution in [-0.4, -0.2) is 46.4 Å².